The van der Waals surface area contributed by atoms with E-state index in [1.54, 1.807) is 0 Å². The first-order valence-corrected chi connectivity index (χ1v) is 8.18. The van der Waals surface area contributed by atoms with Crippen LogP contribution in [0.4, 0.5) is 0 Å². The van der Waals surface area contributed by atoms with Gasteiger partial charge >= 0.3 is 5.97 Å². The molecule has 25 heavy (non-hydrogen) atoms. The van der Waals surface area contributed by atoms with Crippen molar-refractivity contribution in [3.63, 3.8) is 0 Å². The molecule has 0 fully saturated rings. The van der Waals surface area contributed by atoms with Crippen molar-refractivity contribution in [1.29, 1.82) is 0 Å². The molecule has 2 rings (SSSR count). The fraction of sp³-hybridized carbons (Fsp3) is 0.444. The van der Waals surface area contributed by atoms with E-state index in [4.69, 9.17) is 4.74 Å². The SMILES string of the molecule is O=C1OCC/C=C\C(=O)[C@@H](O)[C@@H](O)CCCCc2cc(O)cc(O)c21. The lowest BCUT2D eigenvalue weighted by atomic mass is 9.97. The molecule has 1 aliphatic rings. The number of aryl methyl sites for hydroxylation is 1. The number of hydrogen-bond acceptors (Lipinski definition) is 7. The maximum absolute atomic E-state index is 12.2. The van der Waals surface area contributed by atoms with Crippen molar-refractivity contribution in [2.75, 3.05) is 6.61 Å². The largest absolute Gasteiger partial charge is 0.508 e. The van der Waals surface area contributed by atoms with E-state index in [0.717, 1.165) is 12.1 Å². The number of ketones is 1. The lowest BCUT2D eigenvalue weighted by Gasteiger charge is -2.15. The van der Waals surface area contributed by atoms with Gasteiger partial charge in [0.1, 0.15) is 23.2 Å². The number of hydrogen-bond donors (Lipinski definition) is 4. The predicted octanol–water partition coefficient (Wildman–Crippen LogP) is 1.22. The van der Waals surface area contributed by atoms with Crippen molar-refractivity contribution in [3.8, 4) is 11.5 Å². The lowest BCUT2D eigenvalue weighted by Crippen LogP contribution is -2.32. The van der Waals surface area contributed by atoms with Crippen molar-refractivity contribution in [2.24, 2.45) is 0 Å². The van der Waals surface area contributed by atoms with Gasteiger partial charge in [0, 0.05) is 6.07 Å². The second kappa shape index (κ2) is 8.64. The summed E-state index contributed by atoms with van der Waals surface area (Å²) in [6.45, 7) is -0.0129. The maximum atomic E-state index is 12.2. The average molecular weight is 350 g/mol. The molecular weight excluding hydrogens is 328 g/mol. The second-order valence-corrected chi connectivity index (χ2v) is 5.99. The fourth-order valence-electron chi connectivity index (χ4n) is 2.71. The summed E-state index contributed by atoms with van der Waals surface area (Å²) in [6, 6.07) is 2.47. The van der Waals surface area contributed by atoms with E-state index in [1.807, 2.05) is 0 Å². The number of esters is 1. The first-order chi connectivity index (χ1) is 11.9. The quantitative estimate of drug-likeness (QED) is 0.519. The summed E-state index contributed by atoms with van der Waals surface area (Å²) >= 11 is 0. The molecule has 1 heterocycles. The van der Waals surface area contributed by atoms with Crippen LogP contribution in [-0.2, 0) is 16.0 Å². The zero-order valence-electron chi connectivity index (χ0n) is 13.7. The zero-order chi connectivity index (χ0) is 18.4. The standard InChI is InChI=1S/C18H22O7/c19-12-9-11-5-1-2-6-13(20)17(23)14(21)7-3-4-8-25-18(24)16(11)15(22)10-12/h3,7,9-10,13,17,19-20,22-23H,1-2,4-6,8H2/b7-3-/t13-,17-/m0/s1. The molecule has 7 heteroatoms. The minimum absolute atomic E-state index is 0.00770. The highest BCUT2D eigenvalue weighted by Crippen LogP contribution is 2.29. The molecule has 0 aromatic heterocycles. The van der Waals surface area contributed by atoms with Gasteiger partial charge in [0.15, 0.2) is 5.78 Å². The molecular formula is C18H22O7. The van der Waals surface area contributed by atoms with Crippen LogP contribution in [0.5, 0.6) is 11.5 Å². The van der Waals surface area contributed by atoms with Gasteiger partial charge in [-0.25, -0.2) is 4.79 Å². The van der Waals surface area contributed by atoms with Gasteiger partial charge in [-0.2, -0.15) is 0 Å². The molecule has 2 atom stereocenters. The Morgan fingerprint density at radius 2 is 1.84 bits per heavy atom. The Morgan fingerprint density at radius 3 is 2.60 bits per heavy atom. The van der Waals surface area contributed by atoms with Crippen molar-refractivity contribution in [2.45, 2.75) is 44.3 Å². The molecule has 0 spiro atoms. The van der Waals surface area contributed by atoms with Crippen LogP contribution in [0.25, 0.3) is 0 Å². The number of phenols is 2. The normalized spacial score (nSPS) is 24.6. The van der Waals surface area contributed by atoms with E-state index >= 15 is 0 Å². The monoisotopic (exact) mass is 350 g/mol. The number of carbonyl (C=O) groups excluding carboxylic acids is 2. The van der Waals surface area contributed by atoms with Crippen molar-refractivity contribution in [1.82, 2.24) is 0 Å². The molecule has 0 aliphatic carbocycles. The fourth-order valence-corrected chi connectivity index (χ4v) is 2.71. The number of aliphatic hydroxyl groups is 2. The molecule has 0 radical (unpaired) electrons. The number of rotatable bonds is 0. The third-order valence-electron chi connectivity index (χ3n) is 4.04. The summed E-state index contributed by atoms with van der Waals surface area (Å²) in [5, 5.41) is 39.3. The highest BCUT2D eigenvalue weighted by Gasteiger charge is 2.23. The number of aliphatic hydroxyl groups excluding tert-OH is 2. The highest BCUT2D eigenvalue weighted by atomic mass is 16.5. The van der Waals surface area contributed by atoms with Gasteiger partial charge in [-0.15, -0.1) is 0 Å². The van der Waals surface area contributed by atoms with Crippen LogP contribution in [-0.4, -0.2) is 51.0 Å². The summed E-state index contributed by atoms with van der Waals surface area (Å²) in [5.74, 6) is -1.82. The van der Waals surface area contributed by atoms with Crippen molar-refractivity contribution in [3.05, 3.63) is 35.4 Å². The third-order valence-corrected chi connectivity index (χ3v) is 4.04. The topological polar surface area (TPSA) is 124 Å². The first kappa shape index (κ1) is 19.0. The Kier molecular flexibility index (Phi) is 6.55. The van der Waals surface area contributed by atoms with Crippen molar-refractivity contribution >= 4 is 11.8 Å². The number of fused-ring (bicyclic) bond motifs is 1. The number of phenolic OH excluding ortho intramolecular Hbond substituents is 2. The minimum Gasteiger partial charge on any atom is -0.508 e. The van der Waals surface area contributed by atoms with E-state index in [9.17, 15) is 30.0 Å². The molecule has 0 bridgehead atoms. The Hall–Kier alpha value is -2.38. The molecule has 1 aromatic rings. The molecule has 1 aliphatic heterocycles. The van der Waals surface area contributed by atoms with Gasteiger partial charge in [0.05, 0.1) is 12.7 Å². The van der Waals surface area contributed by atoms with E-state index in [1.165, 1.54) is 12.1 Å². The van der Waals surface area contributed by atoms with Gasteiger partial charge in [0.2, 0.25) is 0 Å². The molecule has 7 nitrogen and oxygen atoms in total. The molecule has 4 N–H and O–H groups in total. The Labute approximate surface area is 145 Å². The smallest absolute Gasteiger partial charge is 0.342 e. The molecule has 136 valence electrons. The summed E-state index contributed by atoms with van der Waals surface area (Å²) < 4.78 is 5.09. The van der Waals surface area contributed by atoms with E-state index in [0.29, 0.717) is 24.8 Å². The van der Waals surface area contributed by atoms with Crippen molar-refractivity contribution < 1.29 is 34.8 Å². The predicted molar refractivity (Wildman–Crippen MR) is 88.4 cm³/mol. The van der Waals surface area contributed by atoms with Crippen LogP contribution in [0, 0.1) is 0 Å². The van der Waals surface area contributed by atoms with Crippen LogP contribution in [0.2, 0.25) is 0 Å². The van der Waals surface area contributed by atoms with Crippen LogP contribution in [0.1, 0.15) is 41.6 Å². The Bertz CT molecular complexity index is 666. The van der Waals surface area contributed by atoms with Gasteiger partial charge in [0.25, 0.3) is 0 Å². The number of aromatic hydroxyl groups is 2. The Balaban J connectivity index is 2.23. The molecule has 1 aromatic carbocycles. The molecule has 0 amide bonds. The number of carbonyl (C=O) groups is 2. The van der Waals surface area contributed by atoms with Gasteiger partial charge in [-0.05, 0) is 43.4 Å². The van der Waals surface area contributed by atoms with E-state index in [-0.39, 0.29) is 36.5 Å². The number of ether oxygens (including phenoxy) is 1. The summed E-state index contributed by atoms with van der Waals surface area (Å²) in [6.07, 6.45) is 1.79. The maximum Gasteiger partial charge on any atom is 0.342 e. The third kappa shape index (κ3) is 5.04. The van der Waals surface area contributed by atoms with Crippen LogP contribution < -0.4 is 0 Å². The van der Waals surface area contributed by atoms with E-state index < -0.39 is 24.0 Å². The van der Waals surface area contributed by atoms with Gasteiger partial charge in [-0.1, -0.05) is 12.5 Å². The van der Waals surface area contributed by atoms with E-state index in [2.05, 4.69) is 0 Å². The van der Waals surface area contributed by atoms with Gasteiger partial charge in [-0.3, -0.25) is 4.79 Å². The lowest BCUT2D eigenvalue weighted by molar-refractivity contribution is -0.128. The van der Waals surface area contributed by atoms with Crippen LogP contribution in [0.15, 0.2) is 24.3 Å². The summed E-state index contributed by atoms with van der Waals surface area (Å²) in [4.78, 5) is 23.9. The summed E-state index contributed by atoms with van der Waals surface area (Å²) in [5.41, 5.74) is 0.451. The molecule has 0 unspecified atom stereocenters. The Morgan fingerprint density at radius 1 is 1.08 bits per heavy atom. The van der Waals surface area contributed by atoms with Gasteiger partial charge < -0.3 is 25.2 Å². The number of benzene rings is 1. The zero-order valence-corrected chi connectivity index (χ0v) is 13.7. The van der Waals surface area contributed by atoms with Crippen LogP contribution in [0.3, 0.4) is 0 Å². The molecule has 0 saturated carbocycles. The second-order valence-electron chi connectivity index (χ2n) is 5.99. The van der Waals surface area contributed by atoms with Crippen LogP contribution >= 0.6 is 0 Å². The minimum atomic E-state index is -1.48. The summed E-state index contributed by atoms with van der Waals surface area (Å²) in [7, 11) is 0. The highest BCUT2D eigenvalue weighted by molar-refractivity contribution is 5.94. The molecule has 0 saturated heterocycles. The average Bonchev–Trinajstić information content (AvgIpc) is 2.56. The number of cyclic esters (lactones) is 1. The first-order valence-electron chi connectivity index (χ1n) is 8.18.